The molecule has 14 N–H and O–H groups in total. The average molecular weight is 1420 g/mol. The normalized spacial score (nSPS) is 37.7. The highest BCUT2D eigenvalue weighted by molar-refractivity contribution is 8.07. The third kappa shape index (κ3) is 12.0. The highest BCUT2D eigenvalue weighted by Gasteiger charge is 2.57. The number of nitrogen functional groups attached to an aromatic ring is 4. The number of hydrogen-bond donors (Lipinski definition) is 10. The molecule has 8 aromatic heterocycles. The molecule has 0 radical (unpaired) electrons. The van der Waals surface area contributed by atoms with Gasteiger partial charge in [0.15, 0.2) is 64.2 Å². The van der Waals surface area contributed by atoms with Crippen molar-refractivity contribution < 1.29 is 91.9 Å². The maximum absolute atomic E-state index is 15.9. The number of fused-ring (bicyclic) bond motifs is 10. The van der Waals surface area contributed by atoms with E-state index in [-0.39, 0.29) is 68.1 Å². The Bertz CT molecular complexity index is 4180. The number of hydrogen-bond acceptors (Lipinski definition) is 31. The van der Waals surface area contributed by atoms with Crippen LogP contribution < -0.4 is 34.1 Å². The Morgan fingerprint density at radius 2 is 0.967 bits per heavy atom. The molecular weight excluding hydrogens is 1370 g/mol. The number of phosphoric ester groups is 2. The van der Waals surface area contributed by atoms with Gasteiger partial charge in [-0.2, -0.15) is 9.97 Å². The number of halogens is 4. The minimum Gasteiger partial charge on any atom is -0.397 e. The topological polar surface area (TPSA) is 513 Å². The smallest absolute Gasteiger partial charge is 0.397 e. The van der Waals surface area contributed by atoms with Crippen LogP contribution in [-0.2, 0) is 78.4 Å². The summed E-state index contributed by atoms with van der Waals surface area (Å²) in [6.45, 7) is -11.5. The van der Waals surface area contributed by atoms with Gasteiger partial charge in [-0.15, -0.1) is 23.5 Å². The van der Waals surface area contributed by atoms with Crippen LogP contribution in [-0.4, -0.2) is 191 Å². The van der Waals surface area contributed by atoms with Crippen molar-refractivity contribution in [2.75, 3.05) is 49.4 Å². The molecule has 0 saturated carbocycles. The Balaban J connectivity index is 0.000000165. The molecule has 14 heterocycles. The molecule has 6 aliphatic rings. The molecule has 8 aromatic rings. The molecule has 6 fully saturated rings. The van der Waals surface area contributed by atoms with E-state index in [0.717, 1.165) is 29.9 Å². The minimum absolute atomic E-state index is 0.0207. The number of aromatic amines is 2. The maximum atomic E-state index is 15.9. The van der Waals surface area contributed by atoms with E-state index in [1.807, 2.05) is 0 Å². The van der Waals surface area contributed by atoms with Crippen LogP contribution in [0.2, 0.25) is 0 Å². The number of phosphoric acid groups is 2. The summed E-state index contributed by atoms with van der Waals surface area (Å²) in [5.41, 5.74) is 22.5. The molecule has 0 aliphatic carbocycles. The predicted molar refractivity (Wildman–Crippen MR) is 311 cm³/mol. The average Bonchev–Trinajstić information content (AvgIpc) is 1.81. The van der Waals surface area contributed by atoms with E-state index in [1.165, 1.54) is 55.8 Å². The van der Waals surface area contributed by atoms with Crippen molar-refractivity contribution >= 4 is 144 Å². The number of anilines is 4. The molecular formula is C41H45F4N19O18P4S4. The molecule has 0 spiro atoms. The summed E-state index contributed by atoms with van der Waals surface area (Å²) in [5.74, 6) is -0.453. The van der Waals surface area contributed by atoms with Crippen LogP contribution in [0.15, 0.2) is 53.5 Å². The van der Waals surface area contributed by atoms with Gasteiger partial charge in [-0.1, -0.05) is 0 Å². The first-order valence-electron chi connectivity index (χ1n) is 25.9. The van der Waals surface area contributed by atoms with Crippen molar-refractivity contribution in [3.63, 3.8) is 0 Å². The van der Waals surface area contributed by atoms with Gasteiger partial charge in [0, 0.05) is 6.20 Å². The van der Waals surface area contributed by atoms with Crippen molar-refractivity contribution in [3.8, 4) is 0 Å². The third-order valence-corrected chi connectivity index (χ3v) is 22.7. The van der Waals surface area contributed by atoms with Gasteiger partial charge in [0.2, 0.25) is 11.9 Å². The molecule has 20 atom stereocenters. The lowest BCUT2D eigenvalue weighted by Crippen LogP contribution is -2.34. The monoisotopic (exact) mass is 1420 g/mol. The number of nitrogens with two attached hydrogens (primary N) is 4. The van der Waals surface area contributed by atoms with Crippen molar-refractivity contribution in [2.24, 2.45) is 0 Å². The molecule has 0 aromatic carbocycles. The number of pyridine rings is 1. The second kappa shape index (κ2) is 23.9. The van der Waals surface area contributed by atoms with Gasteiger partial charge in [0.25, 0.3) is 11.1 Å². The van der Waals surface area contributed by atoms with E-state index >= 15 is 17.6 Å². The fourth-order valence-electron chi connectivity index (χ4n) is 10.5. The van der Waals surface area contributed by atoms with E-state index in [0.29, 0.717) is 0 Å². The zero-order valence-corrected chi connectivity index (χ0v) is 51.5. The Labute approximate surface area is 515 Å². The van der Waals surface area contributed by atoms with Gasteiger partial charge < -0.3 is 61.0 Å². The van der Waals surface area contributed by atoms with Gasteiger partial charge in [-0.3, -0.25) is 65.0 Å². The summed E-state index contributed by atoms with van der Waals surface area (Å²) in [7, 11) is -10.2. The van der Waals surface area contributed by atoms with Gasteiger partial charge >= 0.3 is 29.1 Å². The standard InChI is InChI=1S/C21H23F2N9O9P2S2.C20H22F2N10O9P2S2/c22-10-9-4-37-42(34,35)40-14-8(39-19(11(14)23)31-5-27-12-7(24)1-2-26-16(12)31)3-38-43(36,44)41-15(10)20(45-9)32-6-28-13-17(32)29-21(25)30-18(13)33;21-8-7-2-37-42(34,35)40-12-6(39-18(9(12)22)31-4-27-10-14(23)25-3-26-15(10)31)1-38-43(36,44)41-13(8)19(45-7)32-5-28-11-16(32)29-20(24)30-17(11)33/h1-2,5-6,8-11,14-15,19-20H,3-4H2,(H2,24,26)(H,34,35)(H,36,44)(H3,25,29,30,33);3-9,12-13,18-19H,1-2H2,(H,34,35)(H,36,44)(H2,23,25,26)(H3,24,29,30,33)/t8-,9-,10-,11+,14-,15-,19-,20-,43?;6-,7-,8-,9+,12-,13-,18-,19-,43?/m11/s1. The Kier molecular flexibility index (Phi) is 16.9. The number of imidazole rings is 4. The van der Waals surface area contributed by atoms with E-state index in [1.54, 1.807) is 0 Å². The number of rotatable bonds is 4. The maximum Gasteiger partial charge on any atom is 0.472 e. The minimum atomic E-state index is -5.08. The Morgan fingerprint density at radius 1 is 0.533 bits per heavy atom. The van der Waals surface area contributed by atoms with Crippen LogP contribution in [0.25, 0.3) is 44.7 Å². The second-order valence-electron chi connectivity index (χ2n) is 20.2. The number of ether oxygens (including phenoxy) is 2. The lowest BCUT2D eigenvalue weighted by atomic mass is 10.1. The summed E-state index contributed by atoms with van der Waals surface area (Å²) in [5, 5.41) is -4.61. The van der Waals surface area contributed by atoms with Crippen LogP contribution in [0.5, 0.6) is 0 Å². The summed E-state index contributed by atoms with van der Waals surface area (Å²) in [6, 6.07) is 1.50. The quantitative estimate of drug-likeness (QED) is 0.0881. The first kappa shape index (κ1) is 63.4. The van der Waals surface area contributed by atoms with E-state index in [9.17, 15) is 38.3 Å². The summed E-state index contributed by atoms with van der Waals surface area (Å²) in [4.78, 5) is 109. The van der Waals surface area contributed by atoms with E-state index in [4.69, 9.17) is 92.2 Å². The summed E-state index contributed by atoms with van der Waals surface area (Å²) in [6.07, 6.45) is -13.5. The second-order valence-corrected chi connectivity index (χ2v) is 31.3. The number of aromatic nitrogens is 15. The Hall–Kier alpha value is -5.31. The van der Waals surface area contributed by atoms with Crippen molar-refractivity contribution in [1.29, 1.82) is 0 Å². The summed E-state index contributed by atoms with van der Waals surface area (Å²) < 4.78 is 149. The largest absolute Gasteiger partial charge is 0.472 e. The molecule has 6 aliphatic heterocycles. The first-order chi connectivity index (χ1) is 42.6. The van der Waals surface area contributed by atoms with Crippen molar-refractivity contribution in [2.45, 2.75) is 95.0 Å². The molecule has 4 unspecified atom stereocenters. The number of nitrogens with zero attached hydrogens (tertiary/aromatic N) is 13. The van der Waals surface area contributed by atoms with E-state index < -0.39 is 162 Å². The molecule has 4 bridgehead atoms. The first-order valence-corrected chi connectivity index (χ1v) is 36.0. The predicted octanol–water partition coefficient (Wildman–Crippen LogP) is 1.50. The molecule has 6 saturated heterocycles. The molecule has 37 nitrogen and oxygen atoms in total. The highest BCUT2D eigenvalue weighted by Crippen LogP contribution is 2.60. The number of thioether (sulfide) groups is 2. The number of alkyl halides is 4. The highest BCUT2D eigenvalue weighted by atomic mass is 32.5. The molecule has 484 valence electrons. The molecule has 14 rings (SSSR count). The summed E-state index contributed by atoms with van der Waals surface area (Å²) >= 11 is 12.1. The van der Waals surface area contributed by atoms with Gasteiger partial charge in [0.05, 0.1) is 67.9 Å². The van der Waals surface area contributed by atoms with Gasteiger partial charge in [-0.05, 0) is 29.7 Å². The van der Waals surface area contributed by atoms with Gasteiger partial charge in [-0.25, -0.2) is 61.6 Å². The van der Waals surface area contributed by atoms with E-state index in [2.05, 4.69) is 54.8 Å². The molecule has 49 heteroatoms. The lowest BCUT2D eigenvalue weighted by Gasteiger charge is -2.27. The van der Waals surface area contributed by atoms with Crippen LogP contribution in [0.3, 0.4) is 0 Å². The zero-order valence-electron chi connectivity index (χ0n) is 44.7. The molecule has 0 amide bonds. The van der Waals surface area contributed by atoms with Crippen LogP contribution in [0, 0.1) is 0 Å². The van der Waals surface area contributed by atoms with Gasteiger partial charge in [0.1, 0.15) is 77.1 Å². The number of H-pyrrole nitrogens is 2. The van der Waals surface area contributed by atoms with Crippen LogP contribution >= 0.6 is 52.6 Å². The third-order valence-electron chi connectivity index (χ3n) is 14.6. The number of nitrogens with one attached hydrogen (secondary N) is 2. The lowest BCUT2D eigenvalue weighted by molar-refractivity contribution is -0.0452. The van der Waals surface area contributed by atoms with Crippen LogP contribution in [0.4, 0.5) is 41.0 Å². The fourth-order valence-corrected chi connectivity index (χ4v) is 18.6. The van der Waals surface area contributed by atoms with Crippen LogP contribution in [0.1, 0.15) is 23.2 Å². The van der Waals surface area contributed by atoms with Crippen molar-refractivity contribution in [3.05, 3.63) is 64.6 Å². The molecule has 90 heavy (non-hydrogen) atoms. The SMILES string of the molecule is Nc1nc2c(ncn2[C@@H]2S[C@@H]3COP(=O)(O)O[C@H]4[C@H](F)[C@H](n5cnc6c(N)ccnc65)O[C@@H]4COP(O)(=S)O[C@@H]2[C@@H]3F)c(=O)[nH]1.Nc1nc2c(ncn2[C@@H]2S[C@@H]3COP(=O)(O)O[C@H]4[C@H](F)[C@H](n5cnc6c(N)ncnc65)O[C@@H]4COP(O)(=S)O[C@@H]2[C@@H]3F)c(=O)[nH]1. The fraction of sp³-hybridized carbons (Fsp3) is 0.488. The Morgan fingerprint density at radius 3 is 1.44 bits per heavy atom. The van der Waals surface area contributed by atoms with Crippen molar-refractivity contribution in [1.82, 2.24) is 73.1 Å². The zero-order chi connectivity index (χ0) is 63.7.